The van der Waals surface area contributed by atoms with Gasteiger partial charge in [-0.15, -0.1) is 0 Å². The van der Waals surface area contributed by atoms with Crippen molar-refractivity contribution in [2.24, 2.45) is 5.92 Å². The van der Waals surface area contributed by atoms with Gasteiger partial charge in [-0.3, -0.25) is 4.79 Å². The molecule has 1 aliphatic heterocycles. The lowest BCUT2D eigenvalue weighted by atomic mass is 10.1. The number of hydrogen-bond donors (Lipinski definition) is 0. The maximum Gasteiger partial charge on any atom is 0.418 e. The molecule has 1 saturated heterocycles. The highest BCUT2D eigenvalue weighted by Gasteiger charge is 2.40. The first-order valence-electron chi connectivity index (χ1n) is 6.07. The number of carbonyl (C=O) groups is 1. The zero-order chi connectivity index (χ0) is 16.7. The summed E-state index contributed by atoms with van der Waals surface area (Å²) in [7, 11) is 1.22. The summed E-state index contributed by atoms with van der Waals surface area (Å²) in [5, 5.41) is 0. The molecule has 4 nitrogen and oxygen atoms in total. The smallest absolute Gasteiger partial charge is 0.311 e. The molecule has 1 unspecified atom stereocenters. The molecular formula is C12H10ClF4NO3S. The van der Waals surface area contributed by atoms with Gasteiger partial charge in [-0.25, -0.2) is 12.8 Å². The molecule has 2 rings (SSSR count). The third kappa shape index (κ3) is 3.89. The highest BCUT2D eigenvalue weighted by Crippen LogP contribution is 2.39. The molecule has 0 aliphatic carbocycles. The van der Waals surface area contributed by atoms with Crippen molar-refractivity contribution < 1.29 is 30.8 Å². The Morgan fingerprint density at radius 2 is 1.95 bits per heavy atom. The number of nitrogens with zero attached hydrogens (tertiary/aromatic N) is 1. The first-order valence-corrected chi connectivity index (χ1v) is 8.54. The van der Waals surface area contributed by atoms with E-state index in [9.17, 15) is 30.8 Å². The number of hydrogen-bond acceptors (Lipinski definition) is 3. The van der Waals surface area contributed by atoms with Crippen LogP contribution in [0.3, 0.4) is 0 Å². The van der Waals surface area contributed by atoms with Crippen LogP contribution in [-0.4, -0.2) is 26.6 Å². The van der Waals surface area contributed by atoms with Crippen molar-refractivity contribution in [3.63, 3.8) is 0 Å². The predicted molar refractivity (Wildman–Crippen MR) is 71.5 cm³/mol. The topological polar surface area (TPSA) is 54.5 Å². The summed E-state index contributed by atoms with van der Waals surface area (Å²) in [5.41, 5.74) is -1.77. The van der Waals surface area contributed by atoms with Gasteiger partial charge in [-0.1, -0.05) is 0 Å². The van der Waals surface area contributed by atoms with Gasteiger partial charge in [0.05, 0.1) is 17.0 Å². The average molecular weight is 360 g/mol. The van der Waals surface area contributed by atoms with Gasteiger partial charge in [0.15, 0.2) is 0 Å². The number of rotatable bonds is 3. The minimum atomic E-state index is -4.84. The van der Waals surface area contributed by atoms with Crippen LogP contribution in [0.1, 0.15) is 12.0 Å². The normalized spacial score (nSPS) is 19.8. The SMILES string of the molecule is O=C1CC(CS(=O)(=O)Cl)CN1c1ccc(F)cc1C(F)(F)F. The molecular weight excluding hydrogens is 350 g/mol. The number of halogens is 5. The van der Waals surface area contributed by atoms with Crippen molar-refractivity contribution in [3.05, 3.63) is 29.6 Å². The maximum absolute atomic E-state index is 13.1. The predicted octanol–water partition coefficient (Wildman–Crippen LogP) is 2.77. The lowest BCUT2D eigenvalue weighted by Gasteiger charge is -2.21. The molecule has 1 aromatic carbocycles. The van der Waals surface area contributed by atoms with E-state index in [4.69, 9.17) is 10.7 Å². The molecule has 0 N–H and O–H groups in total. The van der Waals surface area contributed by atoms with Crippen LogP contribution >= 0.6 is 10.7 Å². The molecule has 10 heteroatoms. The Hall–Kier alpha value is -1.35. The Morgan fingerprint density at radius 3 is 2.50 bits per heavy atom. The van der Waals surface area contributed by atoms with E-state index in [0.29, 0.717) is 6.07 Å². The molecule has 0 radical (unpaired) electrons. The molecule has 22 heavy (non-hydrogen) atoms. The zero-order valence-corrected chi connectivity index (χ0v) is 12.5. The quantitative estimate of drug-likeness (QED) is 0.616. The standard InChI is InChI=1S/C12H10ClF4NO3S/c13-22(20,21)6-7-3-11(19)18(5-7)10-2-1-8(14)4-9(10)12(15,16)17/h1-2,4,7H,3,5-6H2. The molecule has 0 saturated carbocycles. The number of anilines is 1. The number of amides is 1. The van der Waals surface area contributed by atoms with Gasteiger partial charge in [0, 0.05) is 29.6 Å². The van der Waals surface area contributed by atoms with Crippen LogP contribution < -0.4 is 4.90 Å². The maximum atomic E-state index is 13.1. The summed E-state index contributed by atoms with van der Waals surface area (Å²) in [5.74, 6) is -2.97. The highest BCUT2D eigenvalue weighted by atomic mass is 35.7. The fraction of sp³-hybridized carbons (Fsp3) is 0.417. The Bertz CT molecular complexity index is 705. The van der Waals surface area contributed by atoms with Crippen LogP contribution in [0.2, 0.25) is 0 Å². The van der Waals surface area contributed by atoms with Gasteiger partial charge >= 0.3 is 6.18 Å². The van der Waals surface area contributed by atoms with E-state index in [-0.39, 0.29) is 13.0 Å². The molecule has 1 fully saturated rings. The third-order valence-corrected chi connectivity index (χ3v) is 4.44. The Kier molecular flexibility index (Phi) is 4.40. The molecule has 1 atom stereocenters. The van der Waals surface area contributed by atoms with E-state index in [2.05, 4.69) is 0 Å². The lowest BCUT2D eigenvalue weighted by molar-refractivity contribution is -0.137. The van der Waals surface area contributed by atoms with E-state index in [1.807, 2.05) is 0 Å². The van der Waals surface area contributed by atoms with Gasteiger partial charge in [0.1, 0.15) is 5.82 Å². The summed E-state index contributed by atoms with van der Waals surface area (Å²) >= 11 is 0. The van der Waals surface area contributed by atoms with Crippen LogP contribution in [0.5, 0.6) is 0 Å². The second-order valence-electron chi connectivity index (χ2n) is 4.94. The van der Waals surface area contributed by atoms with Crippen molar-refractivity contribution in [2.75, 3.05) is 17.2 Å². The van der Waals surface area contributed by atoms with Crippen LogP contribution in [0.25, 0.3) is 0 Å². The number of carbonyl (C=O) groups excluding carboxylic acids is 1. The largest absolute Gasteiger partial charge is 0.418 e. The summed E-state index contributed by atoms with van der Waals surface area (Å²) in [6.45, 7) is -0.223. The molecule has 1 heterocycles. The van der Waals surface area contributed by atoms with Gasteiger partial charge in [0.25, 0.3) is 0 Å². The Balaban J connectivity index is 2.35. The number of benzene rings is 1. The monoisotopic (exact) mass is 359 g/mol. The lowest BCUT2D eigenvalue weighted by Crippen LogP contribution is -2.28. The van der Waals surface area contributed by atoms with Gasteiger partial charge in [-0.2, -0.15) is 13.2 Å². The fourth-order valence-electron chi connectivity index (χ4n) is 2.38. The molecule has 1 aliphatic rings. The van der Waals surface area contributed by atoms with Crippen molar-refractivity contribution >= 4 is 31.3 Å². The summed E-state index contributed by atoms with van der Waals surface area (Å²) < 4.78 is 74.0. The Labute approximate surface area is 128 Å². The third-order valence-electron chi connectivity index (χ3n) is 3.19. The molecule has 122 valence electrons. The van der Waals surface area contributed by atoms with Crippen molar-refractivity contribution in [2.45, 2.75) is 12.6 Å². The van der Waals surface area contributed by atoms with Crippen molar-refractivity contribution in [1.82, 2.24) is 0 Å². The highest BCUT2D eigenvalue weighted by molar-refractivity contribution is 8.13. The first-order chi connectivity index (χ1) is 9.97. The van der Waals surface area contributed by atoms with E-state index < -0.39 is 49.9 Å². The second kappa shape index (κ2) is 5.69. The van der Waals surface area contributed by atoms with Crippen LogP contribution in [0, 0.1) is 11.7 Å². The second-order valence-corrected chi connectivity index (χ2v) is 7.76. The van der Waals surface area contributed by atoms with E-state index in [0.717, 1.165) is 17.0 Å². The van der Waals surface area contributed by atoms with Crippen molar-refractivity contribution in [3.8, 4) is 0 Å². The summed E-state index contributed by atoms with van der Waals surface area (Å²) in [4.78, 5) is 12.7. The van der Waals surface area contributed by atoms with Crippen LogP contribution in [0.4, 0.5) is 23.2 Å². The molecule has 0 bridgehead atoms. The minimum absolute atomic E-state index is 0.223. The summed E-state index contributed by atoms with van der Waals surface area (Å²) in [6, 6.07) is 1.96. The Morgan fingerprint density at radius 1 is 1.32 bits per heavy atom. The summed E-state index contributed by atoms with van der Waals surface area (Å²) in [6.07, 6.45) is -5.07. The minimum Gasteiger partial charge on any atom is -0.311 e. The van der Waals surface area contributed by atoms with E-state index in [1.165, 1.54) is 0 Å². The van der Waals surface area contributed by atoms with Gasteiger partial charge in [0.2, 0.25) is 15.0 Å². The van der Waals surface area contributed by atoms with Gasteiger partial charge in [-0.05, 0) is 18.2 Å². The van der Waals surface area contributed by atoms with Crippen LogP contribution in [0.15, 0.2) is 18.2 Å². The van der Waals surface area contributed by atoms with E-state index in [1.54, 1.807) is 0 Å². The molecule has 0 spiro atoms. The van der Waals surface area contributed by atoms with E-state index >= 15 is 0 Å². The molecule has 0 aromatic heterocycles. The van der Waals surface area contributed by atoms with Crippen molar-refractivity contribution in [1.29, 1.82) is 0 Å². The fourth-order valence-corrected chi connectivity index (χ4v) is 3.70. The number of alkyl halides is 3. The molecule has 1 amide bonds. The molecule has 1 aromatic rings. The average Bonchev–Trinajstić information content (AvgIpc) is 2.66. The zero-order valence-electron chi connectivity index (χ0n) is 10.9. The van der Waals surface area contributed by atoms with Gasteiger partial charge < -0.3 is 4.90 Å². The van der Waals surface area contributed by atoms with Crippen LogP contribution in [-0.2, 0) is 20.0 Å². The first kappa shape index (κ1) is 17.0.